The molecule has 3 aromatic rings. The molecule has 7 nitrogen and oxygen atoms in total. The Hall–Kier alpha value is -3.35. The molecule has 0 aliphatic carbocycles. The summed E-state index contributed by atoms with van der Waals surface area (Å²) >= 11 is 0. The van der Waals surface area contributed by atoms with E-state index in [0.717, 1.165) is 16.6 Å². The summed E-state index contributed by atoms with van der Waals surface area (Å²) in [4.78, 5) is 29.5. The molecule has 0 saturated heterocycles. The van der Waals surface area contributed by atoms with Gasteiger partial charge in [0.15, 0.2) is 0 Å². The van der Waals surface area contributed by atoms with E-state index in [2.05, 4.69) is 15.6 Å². The summed E-state index contributed by atoms with van der Waals surface area (Å²) in [7, 11) is 0. The van der Waals surface area contributed by atoms with E-state index in [1.807, 2.05) is 47.9 Å². The monoisotopic (exact) mass is 378 g/mol. The maximum absolute atomic E-state index is 12.7. The number of hydrogen-bond acceptors (Lipinski definition) is 4. The molecule has 0 fully saturated rings. The van der Waals surface area contributed by atoms with E-state index in [1.54, 1.807) is 12.4 Å². The minimum Gasteiger partial charge on any atom is -0.466 e. The van der Waals surface area contributed by atoms with E-state index >= 15 is 0 Å². The number of nitrogens with zero attached hydrogens (tertiary/aromatic N) is 2. The number of rotatable bonds is 5. The van der Waals surface area contributed by atoms with Crippen LogP contribution >= 0.6 is 0 Å². The Kier molecular flexibility index (Phi) is 4.50. The number of benzene rings is 2. The third-order valence-electron chi connectivity index (χ3n) is 4.95. The van der Waals surface area contributed by atoms with Gasteiger partial charge in [0.1, 0.15) is 5.75 Å². The highest BCUT2D eigenvalue weighted by Crippen LogP contribution is 2.34. The first kappa shape index (κ1) is 18.0. The van der Waals surface area contributed by atoms with Crippen molar-refractivity contribution in [3.05, 3.63) is 54.4 Å². The van der Waals surface area contributed by atoms with Crippen LogP contribution in [0.5, 0.6) is 5.75 Å². The third kappa shape index (κ3) is 3.19. The lowest BCUT2D eigenvalue weighted by Gasteiger charge is -2.33. The number of anilines is 1. The number of aryl methyl sites for hydroxylation is 2. The second-order valence-corrected chi connectivity index (χ2v) is 7.13. The van der Waals surface area contributed by atoms with Crippen molar-refractivity contribution in [2.24, 2.45) is 0 Å². The predicted octanol–water partition coefficient (Wildman–Crippen LogP) is 2.64. The maximum atomic E-state index is 12.7. The molecule has 1 atom stereocenters. The predicted molar refractivity (Wildman–Crippen MR) is 106 cm³/mol. The number of carbonyl (C=O) groups is 2. The number of fused-ring (bicyclic) bond motifs is 2. The average Bonchev–Trinajstić information content (AvgIpc) is 3.09. The van der Waals surface area contributed by atoms with Crippen molar-refractivity contribution in [3.8, 4) is 5.75 Å². The van der Waals surface area contributed by atoms with Crippen molar-refractivity contribution >= 4 is 28.5 Å². The van der Waals surface area contributed by atoms with Gasteiger partial charge in [-0.25, -0.2) is 4.98 Å². The summed E-state index contributed by atoms with van der Waals surface area (Å²) in [5.74, 6) is -0.428. The molecule has 7 heteroatoms. The van der Waals surface area contributed by atoms with E-state index in [9.17, 15) is 9.59 Å². The number of imidazole rings is 1. The first-order valence-corrected chi connectivity index (χ1v) is 9.27. The number of carbonyl (C=O) groups excluding carboxylic acids is 2. The van der Waals surface area contributed by atoms with Crippen molar-refractivity contribution in [2.75, 3.05) is 11.9 Å². The molecule has 2 heterocycles. The Balaban J connectivity index is 1.37. The average molecular weight is 378 g/mol. The van der Waals surface area contributed by atoms with Gasteiger partial charge in [0.05, 0.1) is 23.0 Å². The van der Waals surface area contributed by atoms with Crippen molar-refractivity contribution < 1.29 is 14.3 Å². The molecule has 1 aliphatic rings. The molecule has 0 spiro atoms. The molecule has 28 heavy (non-hydrogen) atoms. The minimum absolute atomic E-state index is 0.429. The van der Waals surface area contributed by atoms with Crippen LogP contribution in [0.3, 0.4) is 0 Å². The molecule has 2 aromatic carbocycles. The number of hydrogen-bond donors (Lipinski definition) is 2. The van der Waals surface area contributed by atoms with Crippen LogP contribution in [0.25, 0.3) is 11.0 Å². The number of para-hydroxylation sites is 2. The molecular formula is C21H22N4O3. The van der Waals surface area contributed by atoms with Crippen LogP contribution in [0.1, 0.15) is 18.9 Å². The summed E-state index contributed by atoms with van der Waals surface area (Å²) < 4.78 is 7.82. The van der Waals surface area contributed by atoms with E-state index in [1.165, 1.54) is 6.92 Å². The highest BCUT2D eigenvalue weighted by Gasteiger charge is 2.47. The third-order valence-corrected chi connectivity index (χ3v) is 4.95. The van der Waals surface area contributed by atoms with Crippen LogP contribution in [0.4, 0.5) is 5.69 Å². The standard InChI is InChI=1S/C21H22N4O3/c1-14-8-9-18-16(12-14)24-20(27)21(2,28-18)19(26)22-10-5-11-25-13-23-15-6-3-4-7-17(15)25/h3-4,6-9,12-13H,5,10-11H2,1-2H3,(H,22,26)(H,24,27). The molecule has 2 N–H and O–H groups in total. The van der Waals surface area contributed by atoms with Gasteiger partial charge in [-0.05, 0) is 50.1 Å². The normalized spacial score (nSPS) is 18.3. The molecule has 0 radical (unpaired) electrons. The van der Waals surface area contributed by atoms with Gasteiger partial charge >= 0.3 is 0 Å². The van der Waals surface area contributed by atoms with Crippen LogP contribution in [-0.4, -0.2) is 33.5 Å². The Morgan fingerprint density at radius 1 is 1.29 bits per heavy atom. The molecular weight excluding hydrogens is 356 g/mol. The molecule has 2 amide bonds. The lowest BCUT2D eigenvalue weighted by atomic mass is 10.0. The molecule has 1 unspecified atom stereocenters. The lowest BCUT2D eigenvalue weighted by molar-refractivity contribution is -0.146. The molecule has 0 saturated carbocycles. The number of nitrogens with one attached hydrogen (secondary N) is 2. The van der Waals surface area contributed by atoms with E-state index in [-0.39, 0.29) is 0 Å². The van der Waals surface area contributed by atoms with Crippen LogP contribution in [0.15, 0.2) is 48.8 Å². The number of aromatic nitrogens is 2. The zero-order valence-corrected chi connectivity index (χ0v) is 15.9. The Morgan fingerprint density at radius 3 is 2.96 bits per heavy atom. The largest absolute Gasteiger partial charge is 0.466 e. The summed E-state index contributed by atoms with van der Waals surface area (Å²) in [6.45, 7) is 4.56. The van der Waals surface area contributed by atoms with Crippen molar-refractivity contribution in [1.29, 1.82) is 0 Å². The first-order chi connectivity index (χ1) is 13.5. The van der Waals surface area contributed by atoms with Gasteiger partial charge in [-0.2, -0.15) is 0 Å². The molecule has 1 aromatic heterocycles. The first-order valence-electron chi connectivity index (χ1n) is 9.27. The van der Waals surface area contributed by atoms with Crippen LogP contribution in [-0.2, 0) is 16.1 Å². The highest BCUT2D eigenvalue weighted by atomic mass is 16.5. The molecule has 4 rings (SSSR count). The van der Waals surface area contributed by atoms with Crippen LogP contribution in [0.2, 0.25) is 0 Å². The van der Waals surface area contributed by atoms with Crippen molar-refractivity contribution in [1.82, 2.24) is 14.9 Å². The quantitative estimate of drug-likeness (QED) is 0.528. The van der Waals surface area contributed by atoms with Gasteiger partial charge < -0.3 is 19.9 Å². The second kappa shape index (κ2) is 6.99. The fraction of sp³-hybridized carbons (Fsp3) is 0.286. The summed E-state index contributed by atoms with van der Waals surface area (Å²) in [6.07, 6.45) is 2.50. The van der Waals surface area contributed by atoms with E-state index in [0.29, 0.717) is 30.9 Å². The van der Waals surface area contributed by atoms with Gasteiger partial charge in [0.25, 0.3) is 17.4 Å². The zero-order valence-electron chi connectivity index (χ0n) is 15.9. The zero-order chi connectivity index (χ0) is 19.7. The Bertz CT molecular complexity index is 1060. The fourth-order valence-electron chi connectivity index (χ4n) is 3.30. The SMILES string of the molecule is Cc1ccc2c(c1)NC(=O)C(C)(C(=O)NCCCn1cnc3ccccc31)O2. The van der Waals surface area contributed by atoms with E-state index < -0.39 is 17.4 Å². The van der Waals surface area contributed by atoms with Gasteiger partial charge in [0, 0.05) is 13.1 Å². The lowest BCUT2D eigenvalue weighted by Crippen LogP contribution is -2.58. The van der Waals surface area contributed by atoms with Crippen LogP contribution < -0.4 is 15.4 Å². The van der Waals surface area contributed by atoms with Gasteiger partial charge in [-0.1, -0.05) is 18.2 Å². The molecule has 144 valence electrons. The fourth-order valence-corrected chi connectivity index (χ4v) is 3.30. The molecule has 0 bridgehead atoms. The summed E-state index contributed by atoms with van der Waals surface area (Å²) in [5, 5.41) is 5.59. The maximum Gasteiger partial charge on any atom is 0.278 e. The Morgan fingerprint density at radius 2 is 2.11 bits per heavy atom. The summed E-state index contributed by atoms with van der Waals surface area (Å²) in [5.41, 5.74) is 2.00. The number of amides is 2. The topological polar surface area (TPSA) is 85.3 Å². The molecule has 1 aliphatic heterocycles. The smallest absolute Gasteiger partial charge is 0.278 e. The van der Waals surface area contributed by atoms with Gasteiger partial charge in [-0.15, -0.1) is 0 Å². The van der Waals surface area contributed by atoms with Crippen molar-refractivity contribution in [2.45, 2.75) is 32.4 Å². The van der Waals surface area contributed by atoms with Crippen molar-refractivity contribution in [3.63, 3.8) is 0 Å². The summed E-state index contributed by atoms with van der Waals surface area (Å²) in [6, 6.07) is 13.4. The van der Waals surface area contributed by atoms with Gasteiger partial charge in [-0.3, -0.25) is 9.59 Å². The van der Waals surface area contributed by atoms with Crippen LogP contribution in [0, 0.1) is 6.92 Å². The second-order valence-electron chi connectivity index (χ2n) is 7.13. The number of ether oxygens (including phenoxy) is 1. The highest BCUT2D eigenvalue weighted by molar-refractivity contribution is 6.15. The van der Waals surface area contributed by atoms with Gasteiger partial charge in [0.2, 0.25) is 0 Å². The Labute approximate surface area is 162 Å². The minimum atomic E-state index is -1.59. The van der Waals surface area contributed by atoms with E-state index in [4.69, 9.17) is 4.74 Å².